The average molecular weight is 935 g/mol. The van der Waals surface area contributed by atoms with Gasteiger partial charge in [-0.15, -0.1) is 0 Å². The molecule has 4 rings (SSSR count). The van der Waals surface area contributed by atoms with Crippen molar-refractivity contribution in [1.82, 2.24) is 0 Å². The molecule has 0 bridgehead atoms. The zero-order valence-electron chi connectivity index (χ0n) is 37.7. The van der Waals surface area contributed by atoms with Crippen LogP contribution < -0.4 is 14.6 Å². The van der Waals surface area contributed by atoms with Crippen molar-refractivity contribution in [3.63, 3.8) is 0 Å². The summed E-state index contributed by atoms with van der Waals surface area (Å²) in [6.45, 7) is 4.50. The molecule has 0 atom stereocenters. The normalized spacial score (nSPS) is 11.4. The van der Waals surface area contributed by atoms with Gasteiger partial charge in [0.2, 0.25) is 0 Å². The van der Waals surface area contributed by atoms with Crippen LogP contribution in [0.15, 0.2) is 94.7 Å². The van der Waals surface area contributed by atoms with Gasteiger partial charge in [0.1, 0.15) is 43.8 Å². The number of unbranched alkanes of at least 4 members (excludes halogenated alkanes) is 20. The summed E-state index contributed by atoms with van der Waals surface area (Å²) >= 11 is 0. The molecule has 0 aliphatic heterocycles. The van der Waals surface area contributed by atoms with E-state index >= 15 is 0 Å². The number of benzene rings is 4. The minimum absolute atomic E-state index is 0. The Balaban J connectivity index is 0.000000427. The van der Waals surface area contributed by atoms with Crippen LogP contribution in [0.4, 0.5) is 0 Å². The Hall–Kier alpha value is -2.84. The summed E-state index contributed by atoms with van der Waals surface area (Å²) in [5.41, 5.74) is 2.47. The van der Waals surface area contributed by atoms with E-state index in [1.54, 1.807) is 0 Å². The van der Waals surface area contributed by atoms with Crippen molar-refractivity contribution in [1.29, 1.82) is 0 Å². The van der Waals surface area contributed by atoms with Gasteiger partial charge in [0.05, 0.1) is 4.90 Å². The third-order valence-corrected chi connectivity index (χ3v) is 12.6. The monoisotopic (exact) mass is 934 g/mol. The first-order chi connectivity index (χ1) is 29.8. The quantitative estimate of drug-likeness (QED) is 0.0291. The second-order valence-corrected chi connectivity index (χ2v) is 19.0. The fourth-order valence-corrected chi connectivity index (χ4v) is 8.39. The van der Waals surface area contributed by atoms with E-state index in [1.807, 2.05) is 48.5 Å². The van der Waals surface area contributed by atoms with Crippen molar-refractivity contribution >= 4 is 58.0 Å². The molecular weight excluding hydrogens is 865 g/mol. The fourth-order valence-electron chi connectivity index (χ4n) is 7.22. The molecule has 2 N–H and O–H groups in total. The average Bonchev–Trinajstić information content (AvgIpc) is 3.24. The van der Waals surface area contributed by atoms with E-state index in [0.29, 0.717) is 11.5 Å². The van der Waals surface area contributed by atoms with Gasteiger partial charge in [-0.05, 0) is 85.3 Å². The second-order valence-electron chi connectivity index (χ2n) is 16.2. The standard InChI is InChI=1S/2C25H36O5S.Ca/c2*1-2-3-4-5-6-7-8-9-10-11-12-13-21-14-16-22(17-15-21)30-23-18-19-24(26)25(20-23)31(27,28)29;/h2*14-20,26H,2-13H2,1H3,(H,27,28,29);/q;;+2/p-2. The predicted octanol–water partition coefficient (Wildman–Crippen LogP) is 13.2. The van der Waals surface area contributed by atoms with E-state index in [-0.39, 0.29) is 49.2 Å². The molecule has 0 amide bonds. The van der Waals surface area contributed by atoms with Crippen molar-refractivity contribution in [2.24, 2.45) is 0 Å². The zero-order valence-corrected chi connectivity index (χ0v) is 41.6. The Morgan fingerprint density at radius 3 is 1.13 bits per heavy atom. The minimum Gasteiger partial charge on any atom is -0.872 e. The molecule has 0 aliphatic rings. The van der Waals surface area contributed by atoms with E-state index in [2.05, 4.69) is 13.8 Å². The van der Waals surface area contributed by atoms with Gasteiger partial charge in [-0.3, -0.25) is 4.55 Å². The number of aryl methyl sites for hydroxylation is 2. The number of aromatic hydroxyl groups is 1. The number of hydrogen-bond acceptors (Lipinski definition) is 9. The van der Waals surface area contributed by atoms with E-state index in [9.17, 15) is 31.6 Å². The fraction of sp³-hybridized carbons (Fsp3) is 0.520. The second kappa shape index (κ2) is 31.9. The van der Waals surface area contributed by atoms with Crippen molar-refractivity contribution in [2.45, 2.75) is 178 Å². The third-order valence-electron chi connectivity index (χ3n) is 10.8. The molecule has 0 heterocycles. The number of phenolic OH excluding ortho intramolecular Hbond substituents is 1. The maximum absolute atomic E-state index is 11.5. The summed E-state index contributed by atoms with van der Waals surface area (Å²) in [5, 5.41) is 21.1. The minimum atomic E-state index is -4.82. The number of ether oxygens (including phenoxy) is 2. The molecule has 63 heavy (non-hydrogen) atoms. The van der Waals surface area contributed by atoms with E-state index in [1.165, 1.54) is 164 Å². The first-order valence-corrected chi connectivity index (χ1v) is 25.8. The van der Waals surface area contributed by atoms with Crippen molar-refractivity contribution in [2.75, 3.05) is 0 Å². The molecule has 0 saturated carbocycles. The third kappa shape index (κ3) is 24.3. The molecule has 0 radical (unpaired) electrons. The first-order valence-electron chi connectivity index (χ1n) is 22.9. The van der Waals surface area contributed by atoms with Gasteiger partial charge in [-0.2, -0.15) is 8.42 Å². The van der Waals surface area contributed by atoms with Gasteiger partial charge in [0.25, 0.3) is 10.1 Å². The molecule has 0 aromatic heterocycles. The van der Waals surface area contributed by atoms with E-state index in [0.717, 1.165) is 37.5 Å². The molecular formula is C50H70CaO10S2. The van der Waals surface area contributed by atoms with Crippen molar-refractivity contribution in [3.05, 3.63) is 96.1 Å². The Labute approximate surface area is 408 Å². The van der Waals surface area contributed by atoms with Gasteiger partial charge in [0, 0.05) is 6.07 Å². The summed E-state index contributed by atoms with van der Waals surface area (Å²) in [6.07, 6.45) is 31.2. The van der Waals surface area contributed by atoms with E-state index in [4.69, 9.17) is 14.0 Å². The van der Waals surface area contributed by atoms with Crippen LogP contribution in [0.1, 0.15) is 166 Å². The summed E-state index contributed by atoms with van der Waals surface area (Å²) in [7, 11) is -9.33. The van der Waals surface area contributed by atoms with Crippen LogP contribution in [0.2, 0.25) is 0 Å². The molecule has 4 aromatic rings. The molecule has 0 aliphatic carbocycles. The van der Waals surface area contributed by atoms with Crippen LogP contribution in [0.25, 0.3) is 0 Å². The summed E-state index contributed by atoms with van der Waals surface area (Å²) in [5.74, 6) is 0.114. The molecule has 0 unspecified atom stereocenters. The number of hydrogen-bond donors (Lipinski definition) is 2. The van der Waals surface area contributed by atoms with Crippen molar-refractivity contribution < 1.29 is 45.6 Å². The summed E-state index contributed by atoms with van der Waals surface area (Å²) < 4.78 is 76.4. The number of phenols is 1. The zero-order chi connectivity index (χ0) is 45.1. The Bertz CT molecular complexity index is 1910. The molecule has 0 saturated heterocycles. The van der Waals surface area contributed by atoms with Gasteiger partial charge in [-0.25, -0.2) is 8.42 Å². The van der Waals surface area contributed by atoms with Gasteiger partial charge in [-0.1, -0.05) is 178 Å². The van der Waals surface area contributed by atoms with E-state index < -0.39 is 41.5 Å². The molecule has 0 fully saturated rings. The van der Waals surface area contributed by atoms with Crippen LogP contribution in [0, 0.1) is 0 Å². The molecule has 4 aromatic carbocycles. The van der Waals surface area contributed by atoms with Crippen LogP contribution in [-0.4, -0.2) is 68.8 Å². The smallest absolute Gasteiger partial charge is 0.872 e. The Morgan fingerprint density at radius 2 is 0.778 bits per heavy atom. The topological polar surface area (TPSA) is 173 Å². The predicted molar refractivity (Wildman–Crippen MR) is 251 cm³/mol. The van der Waals surface area contributed by atoms with Gasteiger partial charge < -0.3 is 24.2 Å². The summed E-state index contributed by atoms with van der Waals surface area (Å²) in [4.78, 5) is -1.36. The SMILES string of the molecule is CCCCCCCCCCCCCc1ccc(Oc2ccc(O)c(S(=O)(=O)O)c2)cc1.CCCCCCCCCCCCCc1ccc(Oc2ccc([O-])c(S(=O)(=O)[O-])c2)cc1.[Ca+2]. The maximum atomic E-state index is 11.5. The van der Waals surface area contributed by atoms with Crippen LogP contribution in [0.3, 0.4) is 0 Å². The Morgan fingerprint density at radius 1 is 0.460 bits per heavy atom. The molecule has 0 spiro atoms. The summed E-state index contributed by atoms with van der Waals surface area (Å²) in [6, 6.07) is 22.4. The largest absolute Gasteiger partial charge is 2.00 e. The van der Waals surface area contributed by atoms with Crippen LogP contribution >= 0.6 is 0 Å². The molecule has 344 valence electrons. The first kappa shape index (κ1) is 56.3. The van der Waals surface area contributed by atoms with Gasteiger partial charge >= 0.3 is 37.7 Å². The molecule has 13 heteroatoms. The van der Waals surface area contributed by atoms with Crippen molar-refractivity contribution in [3.8, 4) is 34.5 Å². The molecule has 10 nitrogen and oxygen atoms in total. The van der Waals surface area contributed by atoms with Crippen LogP contribution in [-0.2, 0) is 33.1 Å². The van der Waals surface area contributed by atoms with Gasteiger partial charge in [0.15, 0.2) is 0 Å². The maximum Gasteiger partial charge on any atom is 2.00 e. The van der Waals surface area contributed by atoms with Crippen LogP contribution in [0.5, 0.6) is 34.5 Å². The Kier molecular flexibility index (Phi) is 28.5. The number of rotatable bonds is 30.